The Morgan fingerprint density at radius 1 is 1.33 bits per heavy atom. The molecule has 0 aliphatic carbocycles. The number of amides is 1. The second-order valence-electron chi connectivity index (χ2n) is 5.19. The average molecular weight is 334 g/mol. The van der Waals surface area contributed by atoms with Gasteiger partial charge in [0, 0.05) is 17.0 Å². The van der Waals surface area contributed by atoms with E-state index in [4.69, 9.17) is 33.0 Å². The summed E-state index contributed by atoms with van der Waals surface area (Å²) < 4.78 is 5.31. The molecular weight excluding hydrogens is 317 g/mol. The van der Waals surface area contributed by atoms with Gasteiger partial charge in [0.25, 0.3) is 5.91 Å². The van der Waals surface area contributed by atoms with Gasteiger partial charge in [0.2, 0.25) is 0 Å². The number of hydrogen-bond acceptors (Lipinski definition) is 3. The zero-order chi connectivity index (χ0) is 16.0. The lowest BCUT2D eigenvalue weighted by molar-refractivity contribution is -0.138. The van der Waals surface area contributed by atoms with Gasteiger partial charge in [-0.15, -0.1) is 0 Å². The van der Waals surface area contributed by atoms with Crippen LogP contribution in [-0.2, 0) is 9.59 Å². The average Bonchev–Trinajstić information content (AvgIpc) is 2.35. The molecule has 1 aromatic carbocycles. The number of rotatable bonds is 7. The Labute approximate surface area is 133 Å². The monoisotopic (exact) mass is 333 g/mol. The van der Waals surface area contributed by atoms with Gasteiger partial charge in [-0.3, -0.25) is 9.59 Å². The number of benzene rings is 1. The predicted molar refractivity (Wildman–Crippen MR) is 81.0 cm³/mol. The molecule has 1 aromatic rings. The third kappa shape index (κ3) is 6.69. The number of carboxylic acid groups (broad SMARTS) is 1. The van der Waals surface area contributed by atoms with Crippen LogP contribution in [0.15, 0.2) is 18.2 Å². The maximum atomic E-state index is 11.8. The molecule has 0 fully saturated rings. The first-order valence-corrected chi connectivity index (χ1v) is 7.06. The van der Waals surface area contributed by atoms with E-state index in [1.54, 1.807) is 26.0 Å². The lowest BCUT2D eigenvalue weighted by Gasteiger charge is -2.25. The molecule has 7 heteroatoms. The number of aliphatic carboxylic acids is 1. The Kier molecular flexibility index (Phi) is 6.30. The van der Waals surface area contributed by atoms with Gasteiger partial charge < -0.3 is 15.2 Å². The minimum absolute atomic E-state index is 0.0167. The summed E-state index contributed by atoms with van der Waals surface area (Å²) in [6, 6.07) is 4.71. The van der Waals surface area contributed by atoms with Crippen LogP contribution in [0, 0.1) is 0 Å². The molecular formula is C14H17Cl2NO4. The van der Waals surface area contributed by atoms with Crippen molar-refractivity contribution in [2.75, 3.05) is 6.61 Å². The molecule has 0 aliphatic rings. The summed E-state index contributed by atoms with van der Waals surface area (Å²) in [6.45, 7) is 3.30. The first kappa shape index (κ1) is 17.6. The molecule has 0 saturated heterocycles. The van der Waals surface area contributed by atoms with Crippen molar-refractivity contribution in [3.63, 3.8) is 0 Å². The van der Waals surface area contributed by atoms with Crippen LogP contribution in [0.2, 0.25) is 10.0 Å². The lowest BCUT2D eigenvalue weighted by atomic mass is 9.98. The molecule has 5 nitrogen and oxygen atoms in total. The molecule has 0 heterocycles. The van der Waals surface area contributed by atoms with Gasteiger partial charge in [0.1, 0.15) is 5.75 Å². The fourth-order valence-electron chi connectivity index (χ4n) is 1.63. The van der Waals surface area contributed by atoms with E-state index in [1.807, 2.05) is 0 Å². The first-order valence-electron chi connectivity index (χ1n) is 6.30. The zero-order valence-electron chi connectivity index (χ0n) is 11.8. The molecule has 0 bridgehead atoms. The van der Waals surface area contributed by atoms with Crippen molar-refractivity contribution in [2.45, 2.75) is 32.2 Å². The van der Waals surface area contributed by atoms with E-state index < -0.39 is 11.5 Å². The number of carboxylic acids is 1. The van der Waals surface area contributed by atoms with Crippen LogP contribution in [0.25, 0.3) is 0 Å². The molecule has 0 aliphatic heterocycles. The predicted octanol–water partition coefficient (Wildman–Crippen LogP) is 3.13. The van der Waals surface area contributed by atoms with Crippen molar-refractivity contribution in [2.24, 2.45) is 0 Å². The SMILES string of the molecule is CC(C)(CCC(=O)O)NC(=O)COc1ccc(Cl)cc1Cl. The smallest absolute Gasteiger partial charge is 0.303 e. The van der Waals surface area contributed by atoms with Crippen molar-refractivity contribution in [3.8, 4) is 5.75 Å². The molecule has 0 spiro atoms. The second kappa shape index (κ2) is 7.52. The number of hydrogen-bond donors (Lipinski definition) is 2. The summed E-state index contributed by atoms with van der Waals surface area (Å²) in [6.07, 6.45) is 0.312. The third-order valence-corrected chi connectivity index (χ3v) is 3.22. The molecule has 0 aromatic heterocycles. The van der Waals surface area contributed by atoms with Crippen LogP contribution in [0.3, 0.4) is 0 Å². The quantitative estimate of drug-likeness (QED) is 0.803. The number of ether oxygens (including phenoxy) is 1. The first-order chi connectivity index (χ1) is 9.69. The van der Waals surface area contributed by atoms with E-state index in [0.29, 0.717) is 22.2 Å². The van der Waals surface area contributed by atoms with Crippen LogP contribution in [0.1, 0.15) is 26.7 Å². The van der Waals surface area contributed by atoms with Gasteiger partial charge in [0.15, 0.2) is 6.61 Å². The summed E-state index contributed by atoms with van der Waals surface area (Å²) in [5, 5.41) is 12.2. The Morgan fingerprint density at radius 2 is 2.00 bits per heavy atom. The summed E-state index contributed by atoms with van der Waals surface area (Å²) in [4.78, 5) is 22.3. The van der Waals surface area contributed by atoms with Crippen molar-refractivity contribution >= 4 is 35.1 Å². The Balaban J connectivity index is 2.48. The largest absolute Gasteiger partial charge is 0.482 e. The van der Waals surface area contributed by atoms with Gasteiger partial charge in [-0.25, -0.2) is 0 Å². The second-order valence-corrected chi connectivity index (χ2v) is 6.03. The minimum atomic E-state index is -0.901. The van der Waals surface area contributed by atoms with Gasteiger partial charge in [-0.1, -0.05) is 23.2 Å². The maximum Gasteiger partial charge on any atom is 0.303 e. The Morgan fingerprint density at radius 3 is 2.57 bits per heavy atom. The van der Waals surface area contributed by atoms with Crippen molar-refractivity contribution in [3.05, 3.63) is 28.2 Å². The lowest BCUT2D eigenvalue weighted by Crippen LogP contribution is -2.45. The van der Waals surface area contributed by atoms with Crippen molar-refractivity contribution < 1.29 is 19.4 Å². The minimum Gasteiger partial charge on any atom is -0.482 e. The van der Waals surface area contributed by atoms with E-state index >= 15 is 0 Å². The summed E-state index contributed by atoms with van der Waals surface area (Å²) in [5.41, 5.74) is -0.622. The Hall–Kier alpha value is -1.46. The van der Waals surface area contributed by atoms with Gasteiger partial charge >= 0.3 is 5.97 Å². The highest BCUT2D eigenvalue weighted by Gasteiger charge is 2.21. The molecule has 21 heavy (non-hydrogen) atoms. The summed E-state index contributed by atoms with van der Waals surface area (Å²) >= 11 is 11.7. The fraction of sp³-hybridized carbons (Fsp3) is 0.429. The van der Waals surface area contributed by atoms with E-state index in [9.17, 15) is 9.59 Å². The van der Waals surface area contributed by atoms with Crippen molar-refractivity contribution in [1.29, 1.82) is 0 Å². The highest BCUT2D eigenvalue weighted by Crippen LogP contribution is 2.27. The van der Waals surface area contributed by atoms with Crippen molar-refractivity contribution in [1.82, 2.24) is 5.32 Å². The van der Waals surface area contributed by atoms with Crippen LogP contribution < -0.4 is 10.1 Å². The third-order valence-electron chi connectivity index (χ3n) is 2.69. The van der Waals surface area contributed by atoms with Crippen LogP contribution in [0.5, 0.6) is 5.75 Å². The molecule has 116 valence electrons. The highest BCUT2D eigenvalue weighted by atomic mass is 35.5. The number of halogens is 2. The molecule has 0 radical (unpaired) electrons. The van der Waals surface area contributed by atoms with Crippen LogP contribution in [-0.4, -0.2) is 29.1 Å². The van der Waals surface area contributed by atoms with Gasteiger partial charge in [0.05, 0.1) is 5.02 Å². The van der Waals surface area contributed by atoms with Crippen LogP contribution in [0.4, 0.5) is 0 Å². The normalized spacial score (nSPS) is 11.0. The molecule has 0 unspecified atom stereocenters. The van der Waals surface area contributed by atoms with Gasteiger partial charge in [-0.2, -0.15) is 0 Å². The Bertz CT molecular complexity index is 532. The highest BCUT2D eigenvalue weighted by molar-refractivity contribution is 6.35. The molecule has 1 rings (SSSR count). The number of nitrogens with one attached hydrogen (secondary N) is 1. The van der Waals surface area contributed by atoms with Gasteiger partial charge in [-0.05, 0) is 38.5 Å². The molecule has 1 amide bonds. The van der Waals surface area contributed by atoms with E-state index in [1.165, 1.54) is 6.07 Å². The summed E-state index contributed by atoms with van der Waals surface area (Å²) in [7, 11) is 0. The fourth-order valence-corrected chi connectivity index (χ4v) is 2.09. The maximum absolute atomic E-state index is 11.8. The molecule has 0 saturated carbocycles. The molecule has 2 N–H and O–H groups in total. The molecule has 0 atom stereocenters. The van der Waals surface area contributed by atoms with E-state index in [2.05, 4.69) is 5.32 Å². The summed E-state index contributed by atoms with van der Waals surface area (Å²) in [5.74, 6) is -0.891. The number of carbonyl (C=O) groups is 2. The number of carbonyl (C=O) groups excluding carboxylic acids is 1. The zero-order valence-corrected chi connectivity index (χ0v) is 13.3. The van der Waals surface area contributed by atoms with E-state index in [-0.39, 0.29) is 18.9 Å². The standard InChI is InChI=1S/C14H17Cl2NO4/c1-14(2,6-5-13(19)20)17-12(18)8-21-11-4-3-9(15)7-10(11)16/h3-4,7H,5-6,8H2,1-2H3,(H,17,18)(H,19,20). The topological polar surface area (TPSA) is 75.6 Å². The van der Waals surface area contributed by atoms with Crippen LogP contribution >= 0.6 is 23.2 Å². The van der Waals surface area contributed by atoms with E-state index in [0.717, 1.165) is 0 Å².